The molecule has 0 spiro atoms. The van der Waals surface area contributed by atoms with E-state index in [-0.39, 0.29) is 12.1 Å². The first-order valence-electron chi connectivity index (χ1n) is 6.81. The van der Waals surface area contributed by atoms with Crippen LogP contribution in [-0.2, 0) is 11.3 Å². The summed E-state index contributed by atoms with van der Waals surface area (Å²) >= 11 is 3.07. The lowest BCUT2D eigenvalue weighted by molar-refractivity contribution is 0.0374. The Hall–Kier alpha value is -0.560. The predicted molar refractivity (Wildman–Crippen MR) is 77.6 cm³/mol. The Morgan fingerprint density at radius 2 is 2.00 bits per heavy atom. The molecule has 0 bridgehead atoms. The number of halogens is 3. The molecule has 1 saturated heterocycles. The van der Waals surface area contributed by atoms with E-state index >= 15 is 0 Å². The van der Waals surface area contributed by atoms with Gasteiger partial charge in [0.15, 0.2) is 0 Å². The third-order valence-corrected chi connectivity index (χ3v) is 3.98. The second-order valence-electron chi connectivity index (χ2n) is 4.81. The second kappa shape index (κ2) is 8.02. The number of nitrogens with zero attached hydrogens (tertiary/aromatic N) is 1. The van der Waals surface area contributed by atoms with E-state index in [4.69, 9.17) is 4.74 Å². The minimum atomic E-state index is -0.523. The second-order valence-corrected chi connectivity index (χ2v) is 5.66. The summed E-state index contributed by atoms with van der Waals surface area (Å²) < 4.78 is 32.8. The normalized spacial score (nSPS) is 16.6. The van der Waals surface area contributed by atoms with Gasteiger partial charge in [-0.1, -0.05) is 0 Å². The maximum absolute atomic E-state index is 13.7. The minimum absolute atomic E-state index is 0.0887. The van der Waals surface area contributed by atoms with Gasteiger partial charge < -0.3 is 10.1 Å². The van der Waals surface area contributed by atoms with E-state index in [2.05, 4.69) is 26.1 Å². The Bertz CT molecular complexity index is 439. The quantitative estimate of drug-likeness (QED) is 0.631. The SMILES string of the molecule is Fc1ccc(Br)c(F)c1CNCCCN1CCOCC1. The molecule has 1 heterocycles. The summed E-state index contributed by atoms with van der Waals surface area (Å²) in [6, 6.07) is 2.66. The molecular formula is C14H19BrF2N2O. The minimum Gasteiger partial charge on any atom is -0.379 e. The van der Waals surface area contributed by atoms with E-state index in [1.165, 1.54) is 12.1 Å². The number of morpholine rings is 1. The molecule has 20 heavy (non-hydrogen) atoms. The van der Waals surface area contributed by atoms with Crippen LogP contribution in [0.1, 0.15) is 12.0 Å². The zero-order chi connectivity index (χ0) is 14.4. The smallest absolute Gasteiger partial charge is 0.144 e. The van der Waals surface area contributed by atoms with E-state index in [0.717, 1.165) is 45.8 Å². The topological polar surface area (TPSA) is 24.5 Å². The Balaban J connectivity index is 1.69. The molecule has 6 heteroatoms. The van der Waals surface area contributed by atoms with E-state index in [0.29, 0.717) is 4.47 Å². The van der Waals surface area contributed by atoms with Crippen LogP contribution < -0.4 is 5.32 Å². The third-order valence-electron chi connectivity index (χ3n) is 3.37. The van der Waals surface area contributed by atoms with Gasteiger partial charge in [0.2, 0.25) is 0 Å². The van der Waals surface area contributed by atoms with Crippen LogP contribution in [-0.4, -0.2) is 44.3 Å². The first-order valence-corrected chi connectivity index (χ1v) is 7.61. The van der Waals surface area contributed by atoms with E-state index in [1.807, 2.05) is 0 Å². The van der Waals surface area contributed by atoms with Crippen molar-refractivity contribution in [1.82, 2.24) is 10.2 Å². The lowest BCUT2D eigenvalue weighted by Gasteiger charge is -2.26. The number of nitrogens with one attached hydrogen (secondary N) is 1. The van der Waals surface area contributed by atoms with Crippen LogP contribution in [0.25, 0.3) is 0 Å². The molecule has 0 amide bonds. The fourth-order valence-electron chi connectivity index (χ4n) is 2.20. The molecule has 1 aliphatic rings. The molecule has 112 valence electrons. The van der Waals surface area contributed by atoms with Crippen LogP contribution in [0.2, 0.25) is 0 Å². The lowest BCUT2D eigenvalue weighted by atomic mass is 10.2. The molecule has 1 aromatic rings. The molecule has 0 atom stereocenters. The number of rotatable bonds is 6. The first-order chi connectivity index (χ1) is 9.68. The highest BCUT2D eigenvalue weighted by molar-refractivity contribution is 9.10. The third kappa shape index (κ3) is 4.48. The molecule has 1 aliphatic heterocycles. The summed E-state index contributed by atoms with van der Waals surface area (Å²) in [5.41, 5.74) is 0.0887. The van der Waals surface area contributed by atoms with Gasteiger partial charge in [-0.05, 0) is 47.6 Å². The van der Waals surface area contributed by atoms with Crippen LogP contribution >= 0.6 is 15.9 Å². The van der Waals surface area contributed by atoms with Gasteiger partial charge >= 0.3 is 0 Å². The summed E-state index contributed by atoms with van der Waals surface area (Å²) in [6.07, 6.45) is 0.956. The van der Waals surface area contributed by atoms with Gasteiger partial charge in [-0.15, -0.1) is 0 Å². The fraction of sp³-hybridized carbons (Fsp3) is 0.571. The number of hydrogen-bond donors (Lipinski definition) is 1. The number of benzene rings is 1. The Kier molecular flexibility index (Phi) is 6.35. The number of hydrogen-bond acceptors (Lipinski definition) is 3. The summed E-state index contributed by atoms with van der Waals surface area (Å²) in [4.78, 5) is 2.34. The summed E-state index contributed by atoms with van der Waals surface area (Å²) in [6.45, 7) is 5.45. The maximum atomic E-state index is 13.7. The molecule has 2 rings (SSSR count). The van der Waals surface area contributed by atoms with Crippen molar-refractivity contribution < 1.29 is 13.5 Å². The highest BCUT2D eigenvalue weighted by Crippen LogP contribution is 2.21. The van der Waals surface area contributed by atoms with Crippen LogP contribution in [0.4, 0.5) is 8.78 Å². The van der Waals surface area contributed by atoms with Crippen molar-refractivity contribution in [2.45, 2.75) is 13.0 Å². The van der Waals surface area contributed by atoms with Gasteiger partial charge in [-0.25, -0.2) is 8.78 Å². The molecule has 0 aliphatic carbocycles. The molecule has 1 N–H and O–H groups in total. The van der Waals surface area contributed by atoms with Crippen molar-refractivity contribution in [2.24, 2.45) is 0 Å². The van der Waals surface area contributed by atoms with Crippen LogP contribution in [0.3, 0.4) is 0 Å². The molecular weight excluding hydrogens is 330 g/mol. The van der Waals surface area contributed by atoms with Crippen molar-refractivity contribution in [3.05, 3.63) is 33.8 Å². The average molecular weight is 349 g/mol. The fourth-order valence-corrected chi connectivity index (χ4v) is 2.57. The van der Waals surface area contributed by atoms with Gasteiger partial charge in [0.25, 0.3) is 0 Å². The van der Waals surface area contributed by atoms with E-state index < -0.39 is 11.6 Å². The predicted octanol–water partition coefficient (Wildman–Crippen LogP) is 2.54. The standard InChI is InChI=1S/C14H19BrF2N2O/c15-12-2-3-13(16)11(14(12)17)10-18-4-1-5-19-6-8-20-9-7-19/h2-3,18H,1,4-10H2. The Morgan fingerprint density at radius 1 is 1.25 bits per heavy atom. The molecule has 1 fully saturated rings. The zero-order valence-corrected chi connectivity index (χ0v) is 12.9. The first kappa shape index (κ1) is 15.8. The summed E-state index contributed by atoms with van der Waals surface area (Å²) in [5, 5.41) is 3.09. The van der Waals surface area contributed by atoms with Crippen molar-refractivity contribution >= 4 is 15.9 Å². The maximum Gasteiger partial charge on any atom is 0.144 e. The molecule has 3 nitrogen and oxygen atoms in total. The Labute approximate surface area is 126 Å². The lowest BCUT2D eigenvalue weighted by Crippen LogP contribution is -2.37. The highest BCUT2D eigenvalue weighted by atomic mass is 79.9. The van der Waals surface area contributed by atoms with Crippen molar-refractivity contribution in [2.75, 3.05) is 39.4 Å². The van der Waals surface area contributed by atoms with Crippen molar-refractivity contribution in [1.29, 1.82) is 0 Å². The van der Waals surface area contributed by atoms with Crippen LogP contribution in [0.5, 0.6) is 0 Å². The molecule has 0 aromatic heterocycles. The van der Waals surface area contributed by atoms with Gasteiger partial charge in [0.1, 0.15) is 11.6 Å². The van der Waals surface area contributed by atoms with Gasteiger partial charge in [0, 0.05) is 25.2 Å². The highest BCUT2D eigenvalue weighted by Gasteiger charge is 2.12. The van der Waals surface area contributed by atoms with Gasteiger partial charge in [0.05, 0.1) is 17.7 Å². The monoisotopic (exact) mass is 348 g/mol. The summed E-state index contributed by atoms with van der Waals surface area (Å²) in [5.74, 6) is -1.03. The van der Waals surface area contributed by atoms with E-state index in [9.17, 15) is 8.78 Å². The van der Waals surface area contributed by atoms with Crippen molar-refractivity contribution in [3.8, 4) is 0 Å². The molecule has 0 saturated carbocycles. The number of ether oxygens (including phenoxy) is 1. The van der Waals surface area contributed by atoms with Gasteiger partial charge in [-0.3, -0.25) is 4.90 Å². The molecule has 0 radical (unpaired) electrons. The van der Waals surface area contributed by atoms with Crippen LogP contribution in [0, 0.1) is 11.6 Å². The molecule has 1 aromatic carbocycles. The zero-order valence-electron chi connectivity index (χ0n) is 11.3. The van der Waals surface area contributed by atoms with Crippen molar-refractivity contribution in [3.63, 3.8) is 0 Å². The molecule has 0 unspecified atom stereocenters. The van der Waals surface area contributed by atoms with Gasteiger partial charge in [-0.2, -0.15) is 0 Å². The average Bonchev–Trinajstić information content (AvgIpc) is 2.47. The van der Waals surface area contributed by atoms with E-state index in [1.54, 1.807) is 0 Å². The largest absolute Gasteiger partial charge is 0.379 e. The summed E-state index contributed by atoms with van der Waals surface area (Å²) in [7, 11) is 0. The van der Waals surface area contributed by atoms with Crippen LogP contribution in [0.15, 0.2) is 16.6 Å². The Morgan fingerprint density at radius 3 is 2.75 bits per heavy atom.